The number of nitrogens with zero attached hydrogens (tertiary/aromatic N) is 3. The molecule has 0 atom stereocenters. The number of ether oxygens (including phenoxy) is 3. The molecule has 0 radical (unpaired) electrons. The molecule has 1 heterocycles. The Bertz CT molecular complexity index is 2070. The first-order valence-electron chi connectivity index (χ1n) is 15.0. The second kappa shape index (κ2) is 12.4. The Morgan fingerprint density at radius 2 is 0.896 bits per heavy atom. The molecule has 7 rings (SSSR count). The third-order valence-electron chi connectivity index (χ3n) is 8.25. The van der Waals surface area contributed by atoms with Gasteiger partial charge < -0.3 is 40.2 Å². The maximum absolute atomic E-state index is 11.3. The normalized spacial score (nSPS) is 11.1. The lowest BCUT2D eigenvalue weighted by Crippen LogP contribution is -2.08. The van der Waals surface area contributed by atoms with Crippen LogP contribution in [0.5, 0.6) is 34.5 Å². The Balaban J connectivity index is 1.30. The van der Waals surface area contributed by atoms with Gasteiger partial charge in [-0.05, 0) is 42.5 Å². The number of phenolic OH excluding ortho intramolecular Hbond substituents is 3. The molecule has 0 aliphatic heterocycles. The first kappa shape index (κ1) is 30.2. The third kappa shape index (κ3) is 5.36. The summed E-state index contributed by atoms with van der Waals surface area (Å²) in [6.45, 7) is 0. The van der Waals surface area contributed by atoms with Crippen LogP contribution >= 0.6 is 0 Å². The number of anilines is 4. The smallest absolute Gasteiger partial charge is 0.232 e. The van der Waals surface area contributed by atoms with Crippen LogP contribution in [0.4, 0.5) is 23.3 Å². The molecular weight excluding hydrogens is 610 g/mol. The van der Waals surface area contributed by atoms with Crippen molar-refractivity contribution in [1.82, 2.24) is 15.0 Å². The summed E-state index contributed by atoms with van der Waals surface area (Å²) in [5.74, 6) is 2.54. The zero-order valence-electron chi connectivity index (χ0n) is 26.3. The van der Waals surface area contributed by atoms with E-state index in [1.54, 1.807) is 63.8 Å². The average molecular weight is 642 g/mol. The molecule has 0 saturated heterocycles. The molecule has 11 heteroatoms. The Labute approximate surface area is 275 Å². The number of rotatable bonds is 9. The van der Waals surface area contributed by atoms with Gasteiger partial charge in [0, 0.05) is 44.3 Å². The first-order valence-corrected chi connectivity index (χ1v) is 15.0. The van der Waals surface area contributed by atoms with Crippen molar-refractivity contribution in [2.24, 2.45) is 0 Å². The molecule has 240 valence electrons. The van der Waals surface area contributed by atoms with Gasteiger partial charge in [-0.3, -0.25) is 0 Å². The Morgan fingerprint density at radius 1 is 0.479 bits per heavy atom. The molecule has 0 fully saturated rings. The van der Waals surface area contributed by atoms with E-state index in [4.69, 9.17) is 14.2 Å². The molecular formula is C37H31N5O6. The van der Waals surface area contributed by atoms with Gasteiger partial charge in [-0.15, -0.1) is 0 Å². The number of aromatic nitrogens is 3. The maximum Gasteiger partial charge on any atom is 0.232 e. The van der Waals surface area contributed by atoms with E-state index in [1.165, 1.54) is 0 Å². The quantitative estimate of drug-likeness (QED) is 0.0994. The van der Waals surface area contributed by atoms with E-state index in [0.717, 1.165) is 16.2 Å². The lowest BCUT2D eigenvalue weighted by Gasteiger charge is -2.15. The molecule has 0 saturated carbocycles. The largest absolute Gasteiger partial charge is 0.507 e. The zero-order valence-corrected chi connectivity index (χ0v) is 26.3. The number of nitrogens with one attached hydrogen (secondary N) is 2. The van der Waals surface area contributed by atoms with Crippen LogP contribution in [0.2, 0.25) is 0 Å². The third-order valence-corrected chi connectivity index (χ3v) is 8.25. The molecule has 48 heavy (non-hydrogen) atoms. The van der Waals surface area contributed by atoms with Crippen LogP contribution in [0.3, 0.4) is 0 Å². The number of fused-ring (bicyclic) bond motifs is 3. The fourth-order valence-electron chi connectivity index (χ4n) is 5.88. The van der Waals surface area contributed by atoms with Crippen LogP contribution in [-0.2, 0) is 6.42 Å². The highest BCUT2D eigenvalue weighted by Gasteiger charge is 2.17. The van der Waals surface area contributed by atoms with Crippen molar-refractivity contribution in [1.29, 1.82) is 0 Å². The van der Waals surface area contributed by atoms with E-state index >= 15 is 0 Å². The van der Waals surface area contributed by atoms with Crippen LogP contribution in [0.25, 0.3) is 32.3 Å². The van der Waals surface area contributed by atoms with Gasteiger partial charge in [-0.2, -0.15) is 15.0 Å². The number of methoxy groups -OCH3 is 3. The number of hydrogen-bond donors (Lipinski definition) is 5. The van der Waals surface area contributed by atoms with Crippen LogP contribution in [0, 0.1) is 0 Å². The highest BCUT2D eigenvalue weighted by Crippen LogP contribution is 2.40. The van der Waals surface area contributed by atoms with Gasteiger partial charge in [0.2, 0.25) is 11.9 Å². The summed E-state index contributed by atoms with van der Waals surface area (Å²) in [4.78, 5) is 13.9. The van der Waals surface area contributed by atoms with Crippen LogP contribution in [-0.4, -0.2) is 51.6 Å². The minimum Gasteiger partial charge on any atom is -0.507 e. The van der Waals surface area contributed by atoms with E-state index in [9.17, 15) is 15.3 Å². The molecule has 0 bridgehead atoms. The summed E-state index contributed by atoms with van der Waals surface area (Å²) in [6, 6.07) is 27.1. The predicted octanol–water partition coefficient (Wildman–Crippen LogP) is 7.55. The Morgan fingerprint density at radius 3 is 1.33 bits per heavy atom. The SMILES string of the molecule is COc1cccc2c(O)c(Cc3nc(Nc4ccc5c(OC)cccc5c4O)nc(Nc4ccc5c(OC)cccc5c4O)n3)ccc12. The van der Waals surface area contributed by atoms with Gasteiger partial charge in [-0.25, -0.2) is 0 Å². The van der Waals surface area contributed by atoms with Crippen molar-refractivity contribution >= 4 is 55.6 Å². The summed E-state index contributed by atoms with van der Waals surface area (Å²) < 4.78 is 16.4. The molecule has 0 aliphatic rings. The number of hydrogen-bond acceptors (Lipinski definition) is 11. The second-order valence-corrected chi connectivity index (χ2v) is 11.0. The van der Waals surface area contributed by atoms with Gasteiger partial charge in [0.15, 0.2) is 0 Å². The van der Waals surface area contributed by atoms with E-state index < -0.39 is 0 Å². The monoisotopic (exact) mass is 641 g/mol. The maximum atomic E-state index is 11.3. The van der Waals surface area contributed by atoms with E-state index in [-0.39, 0.29) is 35.6 Å². The molecule has 5 N–H and O–H groups in total. The fraction of sp³-hybridized carbons (Fsp3) is 0.108. The zero-order chi connectivity index (χ0) is 33.4. The lowest BCUT2D eigenvalue weighted by atomic mass is 10.0. The summed E-state index contributed by atoms with van der Waals surface area (Å²) >= 11 is 0. The molecule has 0 spiro atoms. The van der Waals surface area contributed by atoms with Crippen LogP contribution < -0.4 is 24.8 Å². The van der Waals surface area contributed by atoms with Crippen molar-refractivity contribution in [3.05, 3.63) is 102 Å². The summed E-state index contributed by atoms with van der Waals surface area (Å²) in [5, 5.41) is 44.0. The van der Waals surface area contributed by atoms with E-state index in [1.807, 2.05) is 48.5 Å². The second-order valence-electron chi connectivity index (χ2n) is 11.0. The summed E-state index contributed by atoms with van der Waals surface area (Å²) in [5.41, 5.74) is 1.31. The van der Waals surface area contributed by atoms with Gasteiger partial charge in [-0.1, -0.05) is 48.5 Å². The topological polar surface area (TPSA) is 151 Å². The van der Waals surface area contributed by atoms with Gasteiger partial charge in [0.25, 0.3) is 0 Å². The van der Waals surface area contributed by atoms with Crippen LogP contribution in [0.1, 0.15) is 11.4 Å². The fourth-order valence-corrected chi connectivity index (χ4v) is 5.88. The molecule has 0 unspecified atom stereocenters. The molecule has 1 aromatic heterocycles. The number of benzene rings is 6. The van der Waals surface area contributed by atoms with Crippen molar-refractivity contribution < 1.29 is 29.5 Å². The molecule has 7 aromatic rings. The molecule has 6 aromatic carbocycles. The van der Waals surface area contributed by atoms with Crippen molar-refractivity contribution in [2.45, 2.75) is 6.42 Å². The Kier molecular flexibility index (Phi) is 7.78. The molecule has 11 nitrogen and oxygen atoms in total. The highest BCUT2D eigenvalue weighted by atomic mass is 16.5. The highest BCUT2D eigenvalue weighted by molar-refractivity contribution is 5.98. The van der Waals surface area contributed by atoms with Gasteiger partial charge in [0.1, 0.15) is 40.3 Å². The lowest BCUT2D eigenvalue weighted by molar-refractivity contribution is 0.419. The minimum absolute atomic E-state index is 0.00915. The Hall–Kier alpha value is -6.49. The van der Waals surface area contributed by atoms with Crippen molar-refractivity contribution in [2.75, 3.05) is 32.0 Å². The van der Waals surface area contributed by atoms with E-state index in [2.05, 4.69) is 25.6 Å². The van der Waals surface area contributed by atoms with E-state index in [0.29, 0.717) is 56.2 Å². The van der Waals surface area contributed by atoms with Crippen molar-refractivity contribution in [3.8, 4) is 34.5 Å². The standard InChI is InChI=1S/C37H31N5O6/c1-46-29-10-4-7-24-21(29)14-13-20(33(24)43)19-32-40-36(38-27-17-15-22-25(34(27)44)8-5-11-30(22)47-2)42-37(41-32)39-28-18-16-23-26(35(28)45)9-6-12-31(23)48-3/h4-18,43-45H,19H2,1-3H3,(H2,38,39,40,41,42). The first-order chi connectivity index (χ1) is 23.4. The summed E-state index contributed by atoms with van der Waals surface area (Å²) in [6.07, 6.45) is 0.146. The number of aromatic hydroxyl groups is 3. The van der Waals surface area contributed by atoms with Crippen LogP contribution in [0.15, 0.2) is 91.0 Å². The molecule has 0 aliphatic carbocycles. The number of phenols is 3. The van der Waals surface area contributed by atoms with Gasteiger partial charge in [0.05, 0.1) is 32.7 Å². The average Bonchev–Trinajstić information content (AvgIpc) is 3.11. The summed E-state index contributed by atoms with van der Waals surface area (Å²) in [7, 11) is 4.74. The minimum atomic E-state index is -0.00915. The van der Waals surface area contributed by atoms with Crippen molar-refractivity contribution in [3.63, 3.8) is 0 Å². The predicted molar refractivity (Wildman–Crippen MR) is 186 cm³/mol. The molecule has 0 amide bonds. The van der Waals surface area contributed by atoms with Gasteiger partial charge >= 0.3 is 0 Å².